The fourth-order valence-electron chi connectivity index (χ4n) is 2.60. The van der Waals surface area contributed by atoms with E-state index in [0.29, 0.717) is 0 Å². The first-order valence-corrected chi connectivity index (χ1v) is 7.99. The zero-order chi connectivity index (χ0) is 13.4. The first-order valence-electron chi connectivity index (χ1n) is 6.53. The molecule has 1 aromatic heterocycles. The number of hydrogen-bond donors (Lipinski definition) is 0. The molecule has 3 rings (SSSR count). The monoisotopic (exact) mass is 387 g/mol. The van der Waals surface area contributed by atoms with Gasteiger partial charge in [-0.25, -0.2) is 9.97 Å². The van der Waals surface area contributed by atoms with Crippen LogP contribution in [0.3, 0.4) is 0 Å². The summed E-state index contributed by atoms with van der Waals surface area (Å²) in [7, 11) is 0. The van der Waals surface area contributed by atoms with Gasteiger partial charge in [-0.15, -0.1) is 0 Å². The smallest absolute Gasteiger partial charge is 0.140 e. The number of nitrogens with zero attached hydrogens (tertiary/aromatic N) is 3. The van der Waals surface area contributed by atoms with Gasteiger partial charge in [-0.1, -0.05) is 11.6 Å². The van der Waals surface area contributed by atoms with Crippen molar-refractivity contribution in [3.05, 3.63) is 26.5 Å². The quantitative estimate of drug-likeness (QED) is 0.687. The van der Waals surface area contributed by atoms with Gasteiger partial charge in [0.1, 0.15) is 11.6 Å². The third-order valence-electron chi connectivity index (χ3n) is 3.47. The zero-order valence-electron chi connectivity index (χ0n) is 10.8. The second-order valence-corrected chi connectivity index (χ2v) is 6.52. The molecule has 0 aliphatic carbocycles. The minimum absolute atomic E-state index is 0.752. The van der Waals surface area contributed by atoms with E-state index in [-0.39, 0.29) is 0 Å². The van der Waals surface area contributed by atoms with Gasteiger partial charge in [0, 0.05) is 27.1 Å². The molecule has 2 aromatic rings. The Labute approximate surface area is 131 Å². The standard InChI is InChI=1S/C14H15ClIN3/c1-9-17-13-11(7-10(15)8-12(13)16)14(18-9)19-5-3-2-4-6-19/h7-8H,2-6H2,1H3. The van der Waals surface area contributed by atoms with Gasteiger partial charge in [-0.2, -0.15) is 0 Å². The molecule has 1 aromatic carbocycles. The predicted molar refractivity (Wildman–Crippen MR) is 88.1 cm³/mol. The van der Waals surface area contributed by atoms with E-state index in [9.17, 15) is 0 Å². The molecule has 0 bridgehead atoms. The molecule has 0 saturated carbocycles. The van der Waals surface area contributed by atoms with Gasteiger partial charge in [0.2, 0.25) is 0 Å². The SMILES string of the molecule is Cc1nc(N2CCCCC2)c2cc(Cl)cc(I)c2n1. The number of rotatable bonds is 1. The third kappa shape index (κ3) is 2.65. The van der Waals surface area contributed by atoms with Gasteiger partial charge >= 0.3 is 0 Å². The van der Waals surface area contributed by atoms with Crippen LogP contribution in [0.1, 0.15) is 25.1 Å². The van der Waals surface area contributed by atoms with Crippen molar-refractivity contribution in [1.29, 1.82) is 0 Å². The lowest BCUT2D eigenvalue weighted by molar-refractivity contribution is 0.574. The van der Waals surface area contributed by atoms with E-state index in [4.69, 9.17) is 11.6 Å². The number of anilines is 1. The van der Waals surface area contributed by atoms with Crippen molar-refractivity contribution >= 4 is 50.9 Å². The molecule has 5 heteroatoms. The Kier molecular flexibility index (Phi) is 3.80. The van der Waals surface area contributed by atoms with Crippen molar-refractivity contribution in [3.8, 4) is 0 Å². The molecule has 0 unspecified atom stereocenters. The van der Waals surface area contributed by atoms with E-state index in [0.717, 1.165) is 44.2 Å². The molecule has 0 spiro atoms. The molecule has 3 nitrogen and oxygen atoms in total. The highest BCUT2D eigenvalue weighted by Gasteiger charge is 2.17. The van der Waals surface area contributed by atoms with Gasteiger partial charge in [-0.05, 0) is 60.9 Å². The maximum atomic E-state index is 6.20. The van der Waals surface area contributed by atoms with Crippen LogP contribution in [0.4, 0.5) is 5.82 Å². The molecule has 0 amide bonds. The second-order valence-electron chi connectivity index (χ2n) is 4.93. The second kappa shape index (κ2) is 5.40. The molecule has 2 heterocycles. The summed E-state index contributed by atoms with van der Waals surface area (Å²) in [5.41, 5.74) is 1.01. The van der Waals surface area contributed by atoms with Gasteiger partial charge in [0.05, 0.1) is 5.52 Å². The van der Waals surface area contributed by atoms with Crippen LogP contribution in [0, 0.1) is 10.5 Å². The molecular weight excluding hydrogens is 373 g/mol. The van der Waals surface area contributed by atoms with Crippen molar-refractivity contribution in [3.63, 3.8) is 0 Å². The molecule has 0 N–H and O–H groups in total. The molecular formula is C14H15ClIN3. The number of aromatic nitrogens is 2. The number of aryl methyl sites for hydroxylation is 1. The Morgan fingerprint density at radius 3 is 2.63 bits per heavy atom. The molecule has 1 aliphatic heterocycles. The van der Waals surface area contributed by atoms with Crippen LogP contribution in [-0.4, -0.2) is 23.1 Å². The van der Waals surface area contributed by atoms with Crippen LogP contribution in [0.2, 0.25) is 5.02 Å². The van der Waals surface area contributed by atoms with Gasteiger partial charge < -0.3 is 4.90 Å². The molecule has 1 saturated heterocycles. The van der Waals surface area contributed by atoms with Crippen molar-refractivity contribution in [2.75, 3.05) is 18.0 Å². The van der Waals surface area contributed by atoms with Gasteiger partial charge in [0.25, 0.3) is 0 Å². The Bertz CT molecular complexity index is 624. The lowest BCUT2D eigenvalue weighted by atomic mass is 10.1. The number of piperidine rings is 1. The largest absolute Gasteiger partial charge is 0.356 e. The molecule has 1 fully saturated rings. The highest BCUT2D eigenvalue weighted by atomic mass is 127. The minimum atomic E-state index is 0.752. The Hall–Kier alpha value is -0.620. The Morgan fingerprint density at radius 2 is 1.89 bits per heavy atom. The lowest BCUT2D eigenvalue weighted by Crippen LogP contribution is -2.30. The van der Waals surface area contributed by atoms with Crippen molar-refractivity contribution < 1.29 is 0 Å². The minimum Gasteiger partial charge on any atom is -0.356 e. The van der Waals surface area contributed by atoms with Crippen LogP contribution in [0.25, 0.3) is 10.9 Å². The number of halogens is 2. The van der Waals surface area contributed by atoms with E-state index >= 15 is 0 Å². The molecule has 1 aliphatic rings. The van der Waals surface area contributed by atoms with Gasteiger partial charge in [-0.3, -0.25) is 0 Å². The fourth-order valence-corrected chi connectivity index (χ4v) is 3.75. The Morgan fingerprint density at radius 1 is 1.16 bits per heavy atom. The summed E-state index contributed by atoms with van der Waals surface area (Å²) in [5.74, 6) is 1.87. The zero-order valence-corrected chi connectivity index (χ0v) is 13.7. The van der Waals surface area contributed by atoms with Crippen LogP contribution >= 0.6 is 34.2 Å². The predicted octanol–water partition coefficient (Wildman–Crippen LogP) is 4.19. The average molecular weight is 388 g/mol. The first kappa shape index (κ1) is 13.4. The molecule has 0 atom stereocenters. The topological polar surface area (TPSA) is 29.0 Å². The van der Waals surface area contributed by atoms with Crippen LogP contribution < -0.4 is 4.90 Å². The maximum absolute atomic E-state index is 6.20. The molecule has 0 radical (unpaired) electrons. The van der Waals surface area contributed by atoms with Crippen LogP contribution in [0.5, 0.6) is 0 Å². The lowest BCUT2D eigenvalue weighted by Gasteiger charge is -2.29. The van der Waals surface area contributed by atoms with Crippen molar-refractivity contribution in [1.82, 2.24) is 9.97 Å². The molecule has 100 valence electrons. The van der Waals surface area contributed by atoms with Gasteiger partial charge in [0.15, 0.2) is 0 Å². The summed E-state index contributed by atoms with van der Waals surface area (Å²) in [6.45, 7) is 4.11. The van der Waals surface area contributed by atoms with E-state index in [1.807, 2.05) is 19.1 Å². The van der Waals surface area contributed by atoms with E-state index in [2.05, 4.69) is 37.5 Å². The summed E-state index contributed by atoms with van der Waals surface area (Å²) in [5, 5.41) is 1.83. The number of fused-ring (bicyclic) bond motifs is 1. The first-order chi connectivity index (χ1) is 9.15. The molecule has 19 heavy (non-hydrogen) atoms. The summed E-state index contributed by atoms with van der Waals surface area (Å²) in [6.07, 6.45) is 3.79. The van der Waals surface area contributed by atoms with E-state index in [1.54, 1.807) is 0 Å². The number of benzene rings is 1. The Balaban J connectivity index is 2.21. The van der Waals surface area contributed by atoms with Crippen LogP contribution in [0.15, 0.2) is 12.1 Å². The summed E-state index contributed by atoms with van der Waals surface area (Å²) >= 11 is 8.49. The summed E-state index contributed by atoms with van der Waals surface area (Å²) in [6, 6.07) is 3.94. The van der Waals surface area contributed by atoms with Crippen molar-refractivity contribution in [2.45, 2.75) is 26.2 Å². The number of hydrogen-bond acceptors (Lipinski definition) is 3. The fraction of sp³-hybridized carbons (Fsp3) is 0.429. The van der Waals surface area contributed by atoms with E-state index in [1.165, 1.54) is 19.3 Å². The summed E-state index contributed by atoms with van der Waals surface area (Å²) < 4.78 is 1.09. The highest BCUT2D eigenvalue weighted by Crippen LogP contribution is 2.31. The average Bonchev–Trinajstić information content (AvgIpc) is 2.40. The van der Waals surface area contributed by atoms with Crippen molar-refractivity contribution in [2.24, 2.45) is 0 Å². The highest BCUT2D eigenvalue weighted by molar-refractivity contribution is 14.1. The maximum Gasteiger partial charge on any atom is 0.140 e. The van der Waals surface area contributed by atoms with E-state index < -0.39 is 0 Å². The third-order valence-corrected chi connectivity index (χ3v) is 4.51. The van der Waals surface area contributed by atoms with Crippen LogP contribution in [-0.2, 0) is 0 Å². The normalized spacial score (nSPS) is 16.1. The summed E-state index contributed by atoms with van der Waals surface area (Å²) in [4.78, 5) is 11.6.